The molecule has 0 bridgehead atoms. The molecule has 0 aromatic carbocycles. The summed E-state index contributed by atoms with van der Waals surface area (Å²) >= 11 is 0. The molecule has 1 aliphatic heterocycles. The number of nitrogens with one attached hydrogen (secondary N) is 1. The van der Waals surface area contributed by atoms with Gasteiger partial charge in [-0.25, -0.2) is 9.97 Å². The normalized spacial score (nSPS) is 15.5. The number of hydrogen-bond donors (Lipinski definition) is 1. The van der Waals surface area contributed by atoms with Gasteiger partial charge in [0.15, 0.2) is 5.65 Å². The number of ether oxygens (including phenoxy) is 2. The fraction of sp³-hybridized carbons (Fsp3) is 0.389. The summed E-state index contributed by atoms with van der Waals surface area (Å²) in [6.07, 6.45) is 5.62. The Kier molecular flexibility index (Phi) is 4.13. The molecular weight excluding hydrogens is 318 g/mol. The lowest BCUT2D eigenvalue weighted by atomic mass is 10.1. The maximum Gasteiger partial charge on any atom is 0.213 e. The molecular formula is C18H21N5O2. The Morgan fingerprint density at radius 2 is 2.04 bits per heavy atom. The number of aromatic nitrogens is 4. The Hall–Kier alpha value is -2.83. The minimum absolute atomic E-state index is 0.197. The van der Waals surface area contributed by atoms with Crippen molar-refractivity contribution < 1.29 is 9.47 Å². The first kappa shape index (κ1) is 15.7. The summed E-state index contributed by atoms with van der Waals surface area (Å²) in [6.45, 7) is 3.93. The van der Waals surface area contributed by atoms with Crippen LogP contribution in [0.4, 0.5) is 5.82 Å². The molecule has 1 N–H and O–H groups in total. The number of methoxy groups -OCH3 is 1. The van der Waals surface area contributed by atoms with Gasteiger partial charge in [0.1, 0.15) is 17.7 Å². The zero-order valence-electron chi connectivity index (χ0n) is 14.4. The fourth-order valence-electron chi connectivity index (χ4n) is 3.23. The molecule has 4 heterocycles. The molecule has 4 rings (SSSR count). The van der Waals surface area contributed by atoms with Crippen LogP contribution in [0, 0.1) is 6.92 Å². The third kappa shape index (κ3) is 3.22. The first-order chi connectivity index (χ1) is 12.2. The van der Waals surface area contributed by atoms with Crippen molar-refractivity contribution in [1.29, 1.82) is 0 Å². The highest BCUT2D eigenvalue weighted by Crippen LogP contribution is 2.26. The van der Waals surface area contributed by atoms with Gasteiger partial charge < -0.3 is 14.4 Å². The van der Waals surface area contributed by atoms with E-state index < -0.39 is 0 Å². The first-order valence-electron chi connectivity index (χ1n) is 8.45. The van der Waals surface area contributed by atoms with E-state index in [4.69, 9.17) is 14.5 Å². The van der Waals surface area contributed by atoms with Crippen LogP contribution in [-0.2, 0) is 0 Å². The highest BCUT2D eigenvalue weighted by molar-refractivity contribution is 5.77. The second-order valence-electron chi connectivity index (χ2n) is 6.28. The quantitative estimate of drug-likeness (QED) is 0.788. The van der Waals surface area contributed by atoms with Gasteiger partial charge in [-0.3, -0.25) is 5.10 Å². The van der Waals surface area contributed by atoms with Crippen LogP contribution in [0.15, 0.2) is 30.6 Å². The van der Waals surface area contributed by atoms with Crippen LogP contribution in [0.25, 0.3) is 11.0 Å². The molecule has 0 aliphatic carbocycles. The molecule has 1 fully saturated rings. The van der Waals surface area contributed by atoms with E-state index in [2.05, 4.69) is 33.1 Å². The molecule has 130 valence electrons. The van der Waals surface area contributed by atoms with E-state index in [1.807, 2.05) is 18.3 Å². The number of nitrogens with zero attached hydrogens (tertiary/aromatic N) is 4. The number of anilines is 1. The number of hydrogen-bond acceptors (Lipinski definition) is 6. The topological polar surface area (TPSA) is 76.2 Å². The van der Waals surface area contributed by atoms with Crippen molar-refractivity contribution in [2.24, 2.45) is 0 Å². The molecule has 0 atom stereocenters. The summed E-state index contributed by atoms with van der Waals surface area (Å²) in [7, 11) is 1.61. The van der Waals surface area contributed by atoms with Crippen molar-refractivity contribution >= 4 is 16.9 Å². The summed E-state index contributed by atoms with van der Waals surface area (Å²) in [5.74, 6) is 2.41. The maximum atomic E-state index is 6.05. The second kappa shape index (κ2) is 6.58. The molecule has 25 heavy (non-hydrogen) atoms. The van der Waals surface area contributed by atoms with Gasteiger partial charge in [0.25, 0.3) is 0 Å². The minimum atomic E-state index is 0.197. The number of aromatic amines is 1. The van der Waals surface area contributed by atoms with Gasteiger partial charge in [0.2, 0.25) is 5.88 Å². The number of pyridine rings is 2. The van der Waals surface area contributed by atoms with Crippen LogP contribution in [0.3, 0.4) is 0 Å². The van der Waals surface area contributed by atoms with Crippen LogP contribution < -0.4 is 14.4 Å². The third-order valence-corrected chi connectivity index (χ3v) is 4.55. The lowest BCUT2D eigenvalue weighted by molar-refractivity contribution is 0.170. The smallest absolute Gasteiger partial charge is 0.213 e. The summed E-state index contributed by atoms with van der Waals surface area (Å²) in [4.78, 5) is 11.2. The largest absolute Gasteiger partial charge is 0.489 e. The lowest BCUT2D eigenvalue weighted by Crippen LogP contribution is -2.39. The third-order valence-electron chi connectivity index (χ3n) is 4.55. The average molecular weight is 339 g/mol. The Balaban J connectivity index is 1.40. The molecule has 7 heteroatoms. The predicted octanol–water partition coefficient (Wildman–Crippen LogP) is 2.72. The van der Waals surface area contributed by atoms with Crippen LogP contribution in [0.2, 0.25) is 0 Å². The van der Waals surface area contributed by atoms with Gasteiger partial charge >= 0.3 is 0 Å². The van der Waals surface area contributed by atoms with Crippen molar-refractivity contribution in [3.63, 3.8) is 0 Å². The molecule has 0 spiro atoms. The van der Waals surface area contributed by atoms with Crippen molar-refractivity contribution in [3.8, 4) is 11.6 Å². The van der Waals surface area contributed by atoms with E-state index in [0.717, 1.165) is 48.5 Å². The van der Waals surface area contributed by atoms with Crippen LogP contribution >= 0.6 is 0 Å². The lowest BCUT2D eigenvalue weighted by Gasteiger charge is -2.33. The summed E-state index contributed by atoms with van der Waals surface area (Å²) in [5, 5.41) is 8.05. The molecule has 0 saturated carbocycles. The summed E-state index contributed by atoms with van der Waals surface area (Å²) in [5.41, 5.74) is 2.01. The Morgan fingerprint density at radius 3 is 2.76 bits per heavy atom. The Morgan fingerprint density at radius 1 is 1.20 bits per heavy atom. The van der Waals surface area contributed by atoms with Crippen LogP contribution in [0.5, 0.6) is 11.6 Å². The predicted molar refractivity (Wildman–Crippen MR) is 95.3 cm³/mol. The highest BCUT2D eigenvalue weighted by Gasteiger charge is 2.23. The minimum Gasteiger partial charge on any atom is -0.489 e. The van der Waals surface area contributed by atoms with Crippen molar-refractivity contribution in [2.45, 2.75) is 25.9 Å². The summed E-state index contributed by atoms with van der Waals surface area (Å²) in [6, 6.07) is 5.85. The van der Waals surface area contributed by atoms with E-state index in [-0.39, 0.29) is 6.10 Å². The molecule has 7 nitrogen and oxygen atoms in total. The first-order valence-corrected chi connectivity index (χ1v) is 8.45. The Bertz CT molecular complexity index is 854. The Labute approximate surface area is 146 Å². The van der Waals surface area contributed by atoms with Crippen molar-refractivity contribution in [3.05, 3.63) is 36.2 Å². The van der Waals surface area contributed by atoms with Gasteiger partial charge in [0.05, 0.1) is 19.5 Å². The maximum absolute atomic E-state index is 6.05. The molecule has 3 aromatic heterocycles. The number of fused-ring (bicyclic) bond motifs is 1. The van der Waals surface area contributed by atoms with E-state index in [1.54, 1.807) is 13.3 Å². The van der Waals surface area contributed by atoms with Crippen molar-refractivity contribution in [2.75, 3.05) is 25.1 Å². The zero-order valence-corrected chi connectivity index (χ0v) is 14.4. The SMILES string of the molecule is COc1ccc(OC2CCN(c3nc4[nH]ncc4cc3C)CC2)cn1. The highest BCUT2D eigenvalue weighted by atomic mass is 16.5. The molecule has 0 unspecified atom stereocenters. The summed E-state index contributed by atoms with van der Waals surface area (Å²) < 4.78 is 11.1. The number of piperidine rings is 1. The van der Waals surface area contributed by atoms with E-state index in [1.165, 1.54) is 5.56 Å². The fourth-order valence-corrected chi connectivity index (χ4v) is 3.23. The van der Waals surface area contributed by atoms with Crippen LogP contribution in [0.1, 0.15) is 18.4 Å². The van der Waals surface area contributed by atoms with E-state index in [0.29, 0.717) is 5.88 Å². The van der Waals surface area contributed by atoms with Gasteiger partial charge in [-0.1, -0.05) is 0 Å². The molecule has 3 aromatic rings. The van der Waals surface area contributed by atoms with E-state index >= 15 is 0 Å². The van der Waals surface area contributed by atoms with E-state index in [9.17, 15) is 0 Å². The van der Waals surface area contributed by atoms with Gasteiger partial charge in [0, 0.05) is 37.4 Å². The number of rotatable bonds is 4. The average Bonchev–Trinajstić information content (AvgIpc) is 3.09. The molecule has 0 radical (unpaired) electrons. The second-order valence-corrected chi connectivity index (χ2v) is 6.28. The van der Waals surface area contributed by atoms with Gasteiger partial charge in [-0.15, -0.1) is 0 Å². The van der Waals surface area contributed by atoms with Gasteiger partial charge in [-0.2, -0.15) is 5.10 Å². The zero-order chi connectivity index (χ0) is 17.2. The molecule has 0 amide bonds. The molecule has 1 saturated heterocycles. The molecule has 1 aliphatic rings. The number of H-pyrrole nitrogens is 1. The monoisotopic (exact) mass is 339 g/mol. The number of aryl methyl sites for hydroxylation is 1. The van der Waals surface area contributed by atoms with Gasteiger partial charge in [-0.05, 0) is 24.6 Å². The van der Waals surface area contributed by atoms with Crippen LogP contribution in [-0.4, -0.2) is 46.5 Å². The standard InChI is InChI=1S/C18H21N5O2/c1-12-9-13-10-20-22-17(13)21-18(12)23-7-5-14(6-8-23)25-15-3-4-16(24-2)19-11-15/h3-4,9-11,14H,5-8H2,1-2H3,(H,20,21,22). The van der Waals surface area contributed by atoms with Crippen molar-refractivity contribution in [1.82, 2.24) is 20.2 Å².